The molecule has 1 unspecified atom stereocenters. The number of anilines is 1. The topological polar surface area (TPSA) is 76.9 Å². The number of allylic oxidation sites excluding steroid dienone is 1. The first-order chi connectivity index (χ1) is 12.5. The SMILES string of the molecule is C=CCn1c(SC(C)C(=O)Nc2ccccc2C(C)=O)nnc1C1CC1. The minimum atomic E-state index is -0.380. The van der Waals surface area contributed by atoms with Crippen LogP contribution in [0.4, 0.5) is 5.69 Å². The van der Waals surface area contributed by atoms with Gasteiger partial charge in [-0.05, 0) is 38.8 Å². The lowest BCUT2D eigenvalue weighted by Crippen LogP contribution is -2.24. The molecular weight excluding hydrogens is 348 g/mol. The Morgan fingerprint density at radius 2 is 2.12 bits per heavy atom. The van der Waals surface area contributed by atoms with Crippen LogP contribution in [-0.2, 0) is 11.3 Å². The van der Waals surface area contributed by atoms with Gasteiger partial charge in [0.15, 0.2) is 10.9 Å². The lowest BCUT2D eigenvalue weighted by atomic mass is 10.1. The van der Waals surface area contributed by atoms with Gasteiger partial charge in [0.2, 0.25) is 5.91 Å². The number of thioether (sulfide) groups is 1. The molecule has 2 aromatic rings. The van der Waals surface area contributed by atoms with Crippen LogP contribution in [0, 0.1) is 0 Å². The van der Waals surface area contributed by atoms with Gasteiger partial charge in [-0.2, -0.15) is 0 Å². The van der Waals surface area contributed by atoms with E-state index in [1.807, 2.05) is 17.6 Å². The summed E-state index contributed by atoms with van der Waals surface area (Å²) in [4.78, 5) is 24.3. The van der Waals surface area contributed by atoms with E-state index in [0.29, 0.717) is 28.9 Å². The van der Waals surface area contributed by atoms with Crippen LogP contribution >= 0.6 is 11.8 Å². The van der Waals surface area contributed by atoms with Crippen molar-refractivity contribution in [1.82, 2.24) is 14.8 Å². The molecule has 7 heteroatoms. The molecule has 0 spiro atoms. The maximum atomic E-state index is 12.6. The van der Waals surface area contributed by atoms with Crippen LogP contribution in [0.5, 0.6) is 0 Å². The Labute approximate surface area is 157 Å². The summed E-state index contributed by atoms with van der Waals surface area (Å²) in [6, 6.07) is 7.01. The molecule has 1 heterocycles. The molecule has 0 saturated heterocycles. The molecule has 6 nitrogen and oxygen atoms in total. The average Bonchev–Trinajstić information content (AvgIpc) is 3.39. The maximum Gasteiger partial charge on any atom is 0.237 e. The van der Waals surface area contributed by atoms with Gasteiger partial charge in [-0.25, -0.2) is 0 Å². The van der Waals surface area contributed by atoms with Crippen molar-refractivity contribution in [3.8, 4) is 0 Å². The van der Waals surface area contributed by atoms with Crippen LogP contribution in [0.15, 0.2) is 42.1 Å². The summed E-state index contributed by atoms with van der Waals surface area (Å²) >= 11 is 1.36. The summed E-state index contributed by atoms with van der Waals surface area (Å²) in [6.07, 6.45) is 4.09. The van der Waals surface area contributed by atoms with Crippen molar-refractivity contribution in [2.24, 2.45) is 0 Å². The average molecular weight is 370 g/mol. The Hall–Kier alpha value is -2.41. The number of hydrogen-bond acceptors (Lipinski definition) is 5. The summed E-state index contributed by atoms with van der Waals surface area (Å²) in [5.74, 6) is 1.19. The van der Waals surface area contributed by atoms with Crippen molar-refractivity contribution < 1.29 is 9.59 Å². The second-order valence-electron chi connectivity index (χ2n) is 6.37. The van der Waals surface area contributed by atoms with Crippen molar-refractivity contribution in [3.05, 3.63) is 48.3 Å². The zero-order valence-electron chi connectivity index (χ0n) is 14.9. The summed E-state index contributed by atoms with van der Waals surface area (Å²) in [5, 5.41) is 11.7. The third kappa shape index (κ3) is 4.04. The van der Waals surface area contributed by atoms with E-state index >= 15 is 0 Å². The number of rotatable bonds is 8. The number of carbonyl (C=O) groups is 2. The molecule has 3 rings (SSSR count). The van der Waals surface area contributed by atoms with Gasteiger partial charge >= 0.3 is 0 Å². The largest absolute Gasteiger partial charge is 0.324 e. The number of carbonyl (C=O) groups excluding carboxylic acids is 2. The number of para-hydroxylation sites is 1. The fraction of sp³-hybridized carbons (Fsp3) is 0.368. The highest BCUT2D eigenvalue weighted by atomic mass is 32.2. The van der Waals surface area contributed by atoms with Crippen LogP contribution in [0.3, 0.4) is 0 Å². The van der Waals surface area contributed by atoms with E-state index in [0.717, 1.165) is 18.7 Å². The maximum absolute atomic E-state index is 12.6. The summed E-state index contributed by atoms with van der Waals surface area (Å²) in [6.45, 7) is 7.73. The highest BCUT2D eigenvalue weighted by Crippen LogP contribution is 2.40. The van der Waals surface area contributed by atoms with E-state index in [1.54, 1.807) is 24.3 Å². The number of benzene rings is 1. The van der Waals surface area contributed by atoms with Crippen molar-refractivity contribution in [1.29, 1.82) is 0 Å². The molecule has 0 radical (unpaired) electrons. The highest BCUT2D eigenvalue weighted by Gasteiger charge is 2.31. The minimum Gasteiger partial charge on any atom is -0.324 e. The molecule has 1 aliphatic carbocycles. The molecule has 1 amide bonds. The van der Waals surface area contributed by atoms with Crippen LogP contribution in [0.25, 0.3) is 0 Å². The molecule has 0 bridgehead atoms. The second-order valence-corrected chi connectivity index (χ2v) is 7.67. The smallest absolute Gasteiger partial charge is 0.237 e. The first-order valence-electron chi connectivity index (χ1n) is 8.62. The molecule has 1 aliphatic rings. The van der Waals surface area contributed by atoms with Crippen molar-refractivity contribution in [2.75, 3.05) is 5.32 Å². The van der Waals surface area contributed by atoms with Gasteiger partial charge in [-0.3, -0.25) is 9.59 Å². The summed E-state index contributed by atoms with van der Waals surface area (Å²) in [7, 11) is 0. The quantitative estimate of drug-likeness (QED) is 0.436. The predicted molar refractivity (Wildman–Crippen MR) is 103 cm³/mol. The van der Waals surface area contributed by atoms with Crippen molar-refractivity contribution in [2.45, 2.75) is 49.6 Å². The number of hydrogen-bond donors (Lipinski definition) is 1. The standard InChI is InChI=1S/C19H22N4O2S/c1-4-11-23-17(14-9-10-14)21-22-19(23)26-13(3)18(25)20-16-8-6-5-7-15(16)12(2)24/h4-8,13-14H,1,9-11H2,2-3H3,(H,20,25). The van der Waals surface area contributed by atoms with Gasteiger partial charge in [-0.1, -0.05) is 30.0 Å². The van der Waals surface area contributed by atoms with Crippen molar-refractivity contribution >= 4 is 29.1 Å². The number of amides is 1. The molecule has 1 aromatic heterocycles. The Morgan fingerprint density at radius 1 is 1.38 bits per heavy atom. The molecule has 1 aromatic carbocycles. The molecule has 0 aliphatic heterocycles. The van der Waals surface area contributed by atoms with E-state index in [2.05, 4.69) is 22.1 Å². The predicted octanol–water partition coefficient (Wildman–Crippen LogP) is 3.66. The summed E-state index contributed by atoms with van der Waals surface area (Å²) in [5.41, 5.74) is 1.03. The second kappa shape index (κ2) is 7.86. The Morgan fingerprint density at radius 3 is 2.77 bits per heavy atom. The zero-order chi connectivity index (χ0) is 18.7. The van der Waals surface area contributed by atoms with Gasteiger partial charge in [0, 0.05) is 18.0 Å². The molecule has 1 atom stereocenters. The van der Waals surface area contributed by atoms with Crippen LogP contribution in [0.2, 0.25) is 0 Å². The monoisotopic (exact) mass is 370 g/mol. The lowest BCUT2D eigenvalue weighted by Gasteiger charge is -2.14. The van der Waals surface area contributed by atoms with Gasteiger partial charge in [0.1, 0.15) is 5.82 Å². The third-order valence-corrected chi connectivity index (χ3v) is 5.30. The van der Waals surface area contributed by atoms with E-state index in [4.69, 9.17) is 0 Å². The molecule has 26 heavy (non-hydrogen) atoms. The number of aromatic nitrogens is 3. The van der Waals surface area contributed by atoms with Gasteiger partial charge in [0.05, 0.1) is 10.9 Å². The Balaban J connectivity index is 1.72. The Kier molecular flexibility index (Phi) is 5.56. The fourth-order valence-electron chi connectivity index (χ4n) is 2.68. The van der Waals surface area contributed by atoms with Crippen LogP contribution in [-0.4, -0.2) is 31.7 Å². The zero-order valence-corrected chi connectivity index (χ0v) is 15.8. The Bertz CT molecular complexity index is 842. The van der Waals surface area contributed by atoms with Gasteiger partial charge in [-0.15, -0.1) is 16.8 Å². The molecular formula is C19H22N4O2S. The minimum absolute atomic E-state index is 0.0824. The van der Waals surface area contributed by atoms with E-state index < -0.39 is 0 Å². The molecule has 136 valence electrons. The molecule has 1 N–H and O–H groups in total. The van der Waals surface area contributed by atoms with Gasteiger partial charge in [0.25, 0.3) is 0 Å². The number of nitrogens with zero attached hydrogens (tertiary/aromatic N) is 3. The normalized spacial score (nSPS) is 14.7. The first-order valence-corrected chi connectivity index (χ1v) is 9.50. The molecule has 1 fully saturated rings. The van der Waals surface area contributed by atoms with Gasteiger partial charge < -0.3 is 9.88 Å². The van der Waals surface area contributed by atoms with Crippen LogP contribution < -0.4 is 5.32 Å². The lowest BCUT2D eigenvalue weighted by molar-refractivity contribution is -0.115. The highest BCUT2D eigenvalue weighted by molar-refractivity contribution is 8.00. The van der Waals surface area contributed by atoms with E-state index in [-0.39, 0.29) is 16.9 Å². The van der Waals surface area contributed by atoms with E-state index in [9.17, 15) is 9.59 Å². The number of ketones is 1. The van der Waals surface area contributed by atoms with Crippen LogP contribution in [0.1, 0.15) is 48.8 Å². The summed E-state index contributed by atoms with van der Waals surface area (Å²) < 4.78 is 2.03. The fourth-order valence-corrected chi connectivity index (χ4v) is 3.54. The number of Topliss-reactive ketones (excluding diaryl/α,β-unsaturated/α-hetero) is 1. The van der Waals surface area contributed by atoms with E-state index in [1.165, 1.54) is 18.7 Å². The third-order valence-electron chi connectivity index (χ3n) is 4.22. The number of nitrogens with one attached hydrogen (secondary N) is 1. The molecule has 1 saturated carbocycles. The van der Waals surface area contributed by atoms with Crippen molar-refractivity contribution in [3.63, 3.8) is 0 Å². The first kappa shape index (κ1) is 18.4.